The summed E-state index contributed by atoms with van der Waals surface area (Å²) in [4.78, 5) is 30.7. The second kappa shape index (κ2) is 10.1. The lowest BCUT2D eigenvalue weighted by Crippen LogP contribution is -2.36. The maximum Gasteiger partial charge on any atom is 0.295 e. The highest BCUT2D eigenvalue weighted by atomic mass is 35.5. The molecule has 4 rings (SSSR count). The zero-order valence-corrected chi connectivity index (χ0v) is 19.8. The van der Waals surface area contributed by atoms with E-state index in [9.17, 15) is 14.7 Å². The number of aliphatic hydroxyl groups is 1. The summed E-state index contributed by atoms with van der Waals surface area (Å²) in [5.41, 5.74) is 1.22. The van der Waals surface area contributed by atoms with E-state index in [1.165, 1.54) is 4.90 Å². The Labute approximate surface area is 203 Å². The van der Waals surface area contributed by atoms with Crippen LogP contribution in [0, 0.1) is 0 Å². The number of likely N-dealkylation sites (tertiary alicyclic amines) is 1. The molecule has 0 saturated carbocycles. The number of aromatic amines is 1. The number of ketones is 1. The first-order chi connectivity index (χ1) is 16.3. The number of benzene rings is 2. The Morgan fingerprint density at radius 1 is 1.15 bits per heavy atom. The lowest BCUT2D eigenvalue weighted by molar-refractivity contribution is -0.695. The maximum atomic E-state index is 13.1. The van der Waals surface area contributed by atoms with E-state index < -0.39 is 17.7 Å². The number of halogens is 1. The largest absolute Gasteiger partial charge is 0.507 e. The lowest BCUT2D eigenvalue weighted by atomic mass is 9.95. The average Bonchev–Trinajstić information content (AvgIpc) is 3.42. The third-order valence-electron chi connectivity index (χ3n) is 5.64. The number of nitrogens with zero attached hydrogens (tertiary/aromatic N) is 2. The van der Waals surface area contributed by atoms with Crippen LogP contribution >= 0.6 is 11.6 Å². The number of ether oxygens (including phenoxy) is 1. The number of amides is 1. The molecule has 7 nitrogen and oxygen atoms in total. The molecule has 2 N–H and O–H groups in total. The fourth-order valence-corrected chi connectivity index (χ4v) is 4.23. The number of carbonyl (C=O) groups excluding carboxylic acids is 2. The van der Waals surface area contributed by atoms with E-state index in [4.69, 9.17) is 16.3 Å². The minimum absolute atomic E-state index is 0.0207. The Morgan fingerprint density at radius 3 is 2.47 bits per heavy atom. The molecule has 0 bridgehead atoms. The smallest absolute Gasteiger partial charge is 0.295 e. The van der Waals surface area contributed by atoms with Crippen molar-refractivity contribution < 1.29 is 24.0 Å². The summed E-state index contributed by atoms with van der Waals surface area (Å²) in [5, 5.41) is 11.6. The summed E-state index contributed by atoms with van der Waals surface area (Å²) in [7, 11) is 0. The first kappa shape index (κ1) is 23.6. The molecule has 8 heteroatoms. The maximum absolute atomic E-state index is 13.1. The van der Waals surface area contributed by atoms with E-state index >= 15 is 0 Å². The van der Waals surface area contributed by atoms with E-state index in [0.29, 0.717) is 35.8 Å². The zero-order chi connectivity index (χ0) is 24.2. The highest BCUT2D eigenvalue weighted by Gasteiger charge is 2.45. The van der Waals surface area contributed by atoms with Crippen molar-refractivity contribution in [3.8, 4) is 5.75 Å². The summed E-state index contributed by atoms with van der Waals surface area (Å²) >= 11 is 5.98. The molecule has 1 aliphatic rings. The minimum Gasteiger partial charge on any atom is -0.507 e. The van der Waals surface area contributed by atoms with E-state index in [0.717, 1.165) is 5.56 Å². The number of nitrogens with one attached hydrogen (secondary N) is 1. The van der Waals surface area contributed by atoms with Crippen molar-refractivity contribution in [3.05, 3.63) is 89.0 Å². The topological polar surface area (TPSA) is 86.5 Å². The number of aryl methyl sites for hydroxylation is 1. The van der Waals surface area contributed by atoms with Gasteiger partial charge < -0.3 is 14.7 Å². The van der Waals surface area contributed by atoms with E-state index in [1.807, 2.05) is 61.4 Å². The van der Waals surface area contributed by atoms with Gasteiger partial charge in [0.15, 0.2) is 0 Å². The highest BCUT2D eigenvalue weighted by Crippen LogP contribution is 2.40. The molecule has 2 aromatic carbocycles. The van der Waals surface area contributed by atoms with Gasteiger partial charge in [0.2, 0.25) is 6.33 Å². The van der Waals surface area contributed by atoms with Crippen LogP contribution in [-0.2, 0) is 16.1 Å². The van der Waals surface area contributed by atoms with Crippen LogP contribution in [0.15, 0.2) is 72.8 Å². The van der Waals surface area contributed by atoms with Crippen molar-refractivity contribution in [2.24, 2.45) is 0 Å². The summed E-state index contributed by atoms with van der Waals surface area (Å²) in [6.45, 7) is 4.92. The molecule has 1 saturated heterocycles. The van der Waals surface area contributed by atoms with Crippen LogP contribution in [0.1, 0.15) is 37.4 Å². The molecule has 3 aromatic rings. The molecular formula is C26H27ClN3O4+. The molecule has 1 amide bonds. The van der Waals surface area contributed by atoms with Crippen LogP contribution in [0.4, 0.5) is 0 Å². The van der Waals surface area contributed by atoms with Gasteiger partial charge in [0.25, 0.3) is 11.7 Å². The van der Waals surface area contributed by atoms with Gasteiger partial charge in [0.1, 0.15) is 23.9 Å². The number of Topliss-reactive ketones (excluding diaryl/α,β-unsaturated/α-hetero) is 1. The van der Waals surface area contributed by atoms with Gasteiger partial charge in [-0.1, -0.05) is 23.7 Å². The molecule has 0 aliphatic carbocycles. The molecule has 1 atom stereocenters. The summed E-state index contributed by atoms with van der Waals surface area (Å²) in [6, 6.07) is 13.1. The average molecular weight is 481 g/mol. The fourth-order valence-electron chi connectivity index (χ4n) is 4.10. The summed E-state index contributed by atoms with van der Waals surface area (Å²) in [6.07, 6.45) is 6.21. The van der Waals surface area contributed by atoms with E-state index in [1.54, 1.807) is 24.3 Å². The summed E-state index contributed by atoms with van der Waals surface area (Å²) in [5.74, 6) is -0.848. The second-order valence-electron chi connectivity index (χ2n) is 8.44. The molecule has 1 unspecified atom stereocenters. The lowest BCUT2D eigenvalue weighted by Gasteiger charge is -2.25. The number of hydrogen-bond acceptors (Lipinski definition) is 4. The van der Waals surface area contributed by atoms with Gasteiger partial charge >= 0.3 is 0 Å². The van der Waals surface area contributed by atoms with Crippen LogP contribution in [0.5, 0.6) is 5.75 Å². The molecular weight excluding hydrogens is 454 g/mol. The molecule has 0 radical (unpaired) electrons. The predicted molar refractivity (Wildman–Crippen MR) is 128 cm³/mol. The Kier molecular flexibility index (Phi) is 7.03. The van der Waals surface area contributed by atoms with Crippen LogP contribution in [0.2, 0.25) is 5.02 Å². The highest BCUT2D eigenvalue weighted by molar-refractivity contribution is 6.46. The Balaban J connectivity index is 1.71. The van der Waals surface area contributed by atoms with Crippen molar-refractivity contribution >= 4 is 29.1 Å². The van der Waals surface area contributed by atoms with Gasteiger partial charge in [0.05, 0.1) is 24.3 Å². The van der Waals surface area contributed by atoms with Gasteiger partial charge in [-0.25, -0.2) is 4.57 Å². The van der Waals surface area contributed by atoms with Crippen LogP contribution in [0.25, 0.3) is 5.76 Å². The molecule has 1 aromatic heterocycles. The van der Waals surface area contributed by atoms with Crippen molar-refractivity contribution in [2.75, 3.05) is 6.54 Å². The van der Waals surface area contributed by atoms with Crippen molar-refractivity contribution in [1.82, 2.24) is 9.88 Å². The van der Waals surface area contributed by atoms with Crippen LogP contribution in [-0.4, -0.2) is 39.3 Å². The van der Waals surface area contributed by atoms with Gasteiger partial charge in [-0.05, 0) is 55.8 Å². The third kappa shape index (κ3) is 4.99. The molecule has 176 valence electrons. The Hall–Kier alpha value is -3.58. The van der Waals surface area contributed by atoms with Crippen LogP contribution < -0.4 is 9.30 Å². The SMILES string of the molecule is CC(C)Oc1ccc(C2C(=C(O)c3ccc(Cl)cc3)C(=O)C(=O)N2CCC[n+]2cc[nH]c2)cc1. The molecule has 1 fully saturated rings. The quantitative estimate of drug-likeness (QED) is 0.218. The van der Waals surface area contributed by atoms with Gasteiger partial charge in [-0.15, -0.1) is 0 Å². The fraction of sp³-hybridized carbons (Fsp3) is 0.269. The van der Waals surface area contributed by atoms with Crippen molar-refractivity contribution in [3.63, 3.8) is 0 Å². The first-order valence-electron chi connectivity index (χ1n) is 11.2. The number of aliphatic hydroxyl groups excluding tert-OH is 1. The van der Waals surface area contributed by atoms with E-state index in [2.05, 4.69) is 4.98 Å². The molecule has 2 heterocycles. The number of rotatable bonds is 8. The van der Waals surface area contributed by atoms with Gasteiger partial charge in [0, 0.05) is 23.6 Å². The van der Waals surface area contributed by atoms with E-state index in [-0.39, 0.29) is 17.4 Å². The number of imidazole rings is 1. The van der Waals surface area contributed by atoms with Crippen molar-refractivity contribution in [1.29, 1.82) is 0 Å². The molecule has 1 aliphatic heterocycles. The Morgan fingerprint density at radius 2 is 1.85 bits per heavy atom. The summed E-state index contributed by atoms with van der Waals surface area (Å²) < 4.78 is 7.70. The Bertz CT molecular complexity index is 1190. The first-order valence-corrected chi connectivity index (χ1v) is 11.6. The van der Waals surface area contributed by atoms with Crippen LogP contribution in [0.3, 0.4) is 0 Å². The number of aromatic nitrogens is 2. The van der Waals surface area contributed by atoms with Crippen molar-refractivity contribution in [2.45, 2.75) is 39.0 Å². The monoisotopic (exact) mass is 480 g/mol. The number of hydrogen-bond donors (Lipinski definition) is 2. The standard InChI is InChI=1S/C26H26ClN3O4/c1-17(2)34-21-10-6-18(7-11-21)23-22(24(31)19-4-8-20(27)9-5-19)25(32)26(33)30(23)14-3-13-29-15-12-28-16-29/h4-12,15-17,23H,3,13-14H2,1-2H3,(H,31,32)/p+1. The minimum atomic E-state index is -0.708. The number of carbonyl (C=O) groups is 2. The predicted octanol–water partition coefficient (Wildman–Crippen LogP) is 4.25. The second-order valence-corrected chi connectivity index (χ2v) is 8.87. The zero-order valence-electron chi connectivity index (χ0n) is 19.1. The van der Waals surface area contributed by atoms with Gasteiger partial charge in [-0.2, -0.15) is 0 Å². The molecule has 0 spiro atoms. The number of H-pyrrole nitrogens is 1. The third-order valence-corrected chi connectivity index (χ3v) is 5.90. The molecule has 34 heavy (non-hydrogen) atoms. The van der Waals surface area contributed by atoms with Gasteiger partial charge in [-0.3, -0.25) is 14.6 Å². The normalized spacial score (nSPS) is 17.5.